The molecule has 0 saturated carbocycles. The van der Waals surface area contributed by atoms with E-state index in [0.717, 1.165) is 32.7 Å². The standard InChI is InChI=1S/C12H18N4O2S/c1-2-5-15-6-8-16(9-7-15)11-3-4-14-10-12(11)19(13,17)18/h2-4,10H,1,5-9H2,(H2,13,17,18). The molecule has 0 amide bonds. The Labute approximate surface area is 113 Å². The number of nitrogens with zero attached hydrogens (tertiary/aromatic N) is 3. The van der Waals surface area contributed by atoms with Crippen LogP contribution in [-0.2, 0) is 10.0 Å². The summed E-state index contributed by atoms with van der Waals surface area (Å²) in [6, 6.07) is 1.70. The maximum absolute atomic E-state index is 11.6. The van der Waals surface area contributed by atoms with Gasteiger partial charge in [-0.3, -0.25) is 9.88 Å². The minimum absolute atomic E-state index is 0.0900. The van der Waals surface area contributed by atoms with Crippen molar-refractivity contribution in [2.24, 2.45) is 5.14 Å². The molecule has 2 heterocycles. The van der Waals surface area contributed by atoms with Crippen LogP contribution in [0.15, 0.2) is 36.0 Å². The first-order valence-corrected chi connectivity index (χ1v) is 7.62. The van der Waals surface area contributed by atoms with Crippen LogP contribution in [0.1, 0.15) is 0 Å². The predicted molar refractivity (Wildman–Crippen MR) is 74.5 cm³/mol. The Morgan fingerprint density at radius 1 is 1.37 bits per heavy atom. The first kappa shape index (κ1) is 14.0. The fraction of sp³-hybridized carbons (Fsp3) is 0.417. The average Bonchev–Trinajstić information content (AvgIpc) is 2.39. The number of hydrogen-bond acceptors (Lipinski definition) is 5. The molecule has 0 aromatic carbocycles. The van der Waals surface area contributed by atoms with Crippen LogP contribution in [0.5, 0.6) is 0 Å². The van der Waals surface area contributed by atoms with Crippen LogP contribution in [0.2, 0.25) is 0 Å². The van der Waals surface area contributed by atoms with E-state index < -0.39 is 10.0 Å². The van der Waals surface area contributed by atoms with Crippen molar-refractivity contribution < 1.29 is 8.42 Å². The summed E-state index contributed by atoms with van der Waals surface area (Å²) in [5.74, 6) is 0. The lowest BCUT2D eigenvalue weighted by molar-refractivity contribution is 0.283. The summed E-state index contributed by atoms with van der Waals surface area (Å²) in [4.78, 5) is 8.23. The van der Waals surface area contributed by atoms with Crippen molar-refractivity contribution >= 4 is 15.7 Å². The van der Waals surface area contributed by atoms with Crippen molar-refractivity contribution in [3.05, 3.63) is 31.1 Å². The maximum Gasteiger partial charge on any atom is 0.241 e. The first-order chi connectivity index (χ1) is 9.02. The summed E-state index contributed by atoms with van der Waals surface area (Å²) in [7, 11) is -3.74. The highest BCUT2D eigenvalue weighted by molar-refractivity contribution is 7.89. The number of aromatic nitrogens is 1. The highest BCUT2D eigenvalue weighted by Crippen LogP contribution is 2.23. The summed E-state index contributed by atoms with van der Waals surface area (Å²) >= 11 is 0. The Bertz CT molecular complexity index is 551. The molecule has 0 bridgehead atoms. The number of hydrogen-bond donors (Lipinski definition) is 1. The van der Waals surface area contributed by atoms with E-state index in [1.165, 1.54) is 6.20 Å². The van der Waals surface area contributed by atoms with Crippen molar-refractivity contribution in [2.45, 2.75) is 4.90 Å². The molecule has 1 aromatic rings. The minimum atomic E-state index is -3.74. The van der Waals surface area contributed by atoms with Crippen molar-refractivity contribution in [3.8, 4) is 0 Å². The molecule has 1 saturated heterocycles. The van der Waals surface area contributed by atoms with Crippen LogP contribution in [0.3, 0.4) is 0 Å². The molecule has 1 aliphatic heterocycles. The van der Waals surface area contributed by atoms with Crippen molar-refractivity contribution in [1.82, 2.24) is 9.88 Å². The highest BCUT2D eigenvalue weighted by atomic mass is 32.2. The lowest BCUT2D eigenvalue weighted by Crippen LogP contribution is -2.46. The summed E-state index contributed by atoms with van der Waals surface area (Å²) in [5.41, 5.74) is 0.635. The SMILES string of the molecule is C=CCN1CCN(c2ccncc2S(N)(=O)=O)CC1. The van der Waals surface area contributed by atoms with Gasteiger partial charge in [-0.2, -0.15) is 0 Å². The smallest absolute Gasteiger partial charge is 0.241 e. The molecule has 1 aromatic heterocycles. The van der Waals surface area contributed by atoms with E-state index >= 15 is 0 Å². The van der Waals surface area contributed by atoms with Gasteiger partial charge in [0.1, 0.15) is 4.90 Å². The van der Waals surface area contributed by atoms with Gasteiger partial charge in [-0.15, -0.1) is 6.58 Å². The average molecular weight is 282 g/mol. The fourth-order valence-corrected chi connectivity index (χ4v) is 2.90. The van der Waals surface area contributed by atoms with Gasteiger partial charge in [-0.1, -0.05) is 6.08 Å². The van der Waals surface area contributed by atoms with Gasteiger partial charge in [0.2, 0.25) is 10.0 Å². The molecule has 2 N–H and O–H groups in total. The normalized spacial score (nSPS) is 17.4. The summed E-state index contributed by atoms with van der Waals surface area (Å²) in [5, 5.41) is 5.22. The molecule has 0 spiro atoms. The molecule has 2 rings (SSSR count). The third-order valence-corrected chi connectivity index (χ3v) is 4.10. The van der Waals surface area contributed by atoms with E-state index in [9.17, 15) is 8.42 Å². The molecule has 1 fully saturated rings. The van der Waals surface area contributed by atoms with Crippen LogP contribution in [0.25, 0.3) is 0 Å². The van der Waals surface area contributed by atoms with Gasteiger partial charge in [0.25, 0.3) is 0 Å². The molecular formula is C12H18N4O2S. The molecule has 6 nitrogen and oxygen atoms in total. The number of sulfonamides is 1. The van der Waals surface area contributed by atoms with Gasteiger partial charge in [0.15, 0.2) is 0 Å². The van der Waals surface area contributed by atoms with E-state index in [0.29, 0.717) is 5.69 Å². The third-order valence-electron chi connectivity index (χ3n) is 3.17. The second-order valence-corrected chi connectivity index (χ2v) is 5.99. The molecule has 0 aliphatic carbocycles. The molecule has 104 valence electrons. The Hall–Kier alpha value is -1.44. The predicted octanol–water partition coefficient (Wildman–Crippen LogP) is 0.0370. The molecule has 7 heteroatoms. The Morgan fingerprint density at radius 3 is 2.63 bits per heavy atom. The first-order valence-electron chi connectivity index (χ1n) is 6.07. The number of nitrogens with two attached hydrogens (primary N) is 1. The third kappa shape index (κ3) is 3.31. The van der Waals surface area contributed by atoms with Gasteiger partial charge in [0, 0.05) is 45.1 Å². The largest absolute Gasteiger partial charge is 0.368 e. The van der Waals surface area contributed by atoms with Gasteiger partial charge >= 0.3 is 0 Å². The van der Waals surface area contributed by atoms with Gasteiger partial charge in [0.05, 0.1) is 5.69 Å². The molecule has 0 unspecified atom stereocenters. The van der Waals surface area contributed by atoms with Gasteiger partial charge in [-0.05, 0) is 6.07 Å². The number of primary sulfonamides is 1. The number of anilines is 1. The zero-order chi connectivity index (χ0) is 13.9. The molecule has 0 radical (unpaired) electrons. The van der Waals surface area contributed by atoms with E-state index in [2.05, 4.69) is 16.5 Å². The summed E-state index contributed by atoms with van der Waals surface area (Å²) < 4.78 is 23.1. The topological polar surface area (TPSA) is 79.5 Å². The summed E-state index contributed by atoms with van der Waals surface area (Å²) in [6.45, 7) is 7.85. The van der Waals surface area contributed by atoms with Gasteiger partial charge in [-0.25, -0.2) is 13.6 Å². The molecule has 0 atom stereocenters. The Kier molecular flexibility index (Phi) is 4.18. The van der Waals surface area contributed by atoms with Crippen molar-refractivity contribution in [1.29, 1.82) is 0 Å². The van der Waals surface area contributed by atoms with E-state index in [1.807, 2.05) is 11.0 Å². The number of pyridine rings is 1. The zero-order valence-electron chi connectivity index (χ0n) is 10.7. The maximum atomic E-state index is 11.6. The van der Waals surface area contributed by atoms with E-state index in [-0.39, 0.29) is 4.90 Å². The quantitative estimate of drug-likeness (QED) is 0.789. The molecular weight excluding hydrogens is 264 g/mol. The monoisotopic (exact) mass is 282 g/mol. The van der Waals surface area contributed by atoms with E-state index in [1.54, 1.807) is 12.3 Å². The lowest BCUT2D eigenvalue weighted by Gasteiger charge is -2.36. The second kappa shape index (κ2) is 5.68. The Balaban J connectivity index is 2.18. The van der Waals surface area contributed by atoms with Crippen LogP contribution >= 0.6 is 0 Å². The molecule has 19 heavy (non-hydrogen) atoms. The van der Waals surface area contributed by atoms with Crippen molar-refractivity contribution in [2.75, 3.05) is 37.6 Å². The molecule has 1 aliphatic rings. The van der Waals surface area contributed by atoms with Gasteiger partial charge < -0.3 is 4.90 Å². The second-order valence-electron chi connectivity index (χ2n) is 4.46. The van der Waals surface area contributed by atoms with E-state index in [4.69, 9.17) is 5.14 Å². The van der Waals surface area contributed by atoms with Crippen LogP contribution < -0.4 is 10.0 Å². The number of piperazine rings is 1. The number of rotatable bonds is 4. The fourth-order valence-electron chi connectivity index (χ4n) is 2.21. The van der Waals surface area contributed by atoms with Crippen molar-refractivity contribution in [3.63, 3.8) is 0 Å². The van der Waals surface area contributed by atoms with Crippen LogP contribution in [0.4, 0.5) is 5.69 Å². The zero-order valence-corrected chi connectivity index (χ0v) is 11.5. The highest BCUT2D eigenvalue weighted by Gasteiger charge is 2.22. The Morgan fingerprint density at radius 2 is 2.05 bits per heavy atom. The summed E-state index contributed by atoms with van der Waals surface area (Å²) in [6.07, 6.45) is 4.76. The van der Waals surface area contributed by atoms with Crippen LogP contribution in [-0.4, -0.2) is 51.0 Å². The minimum Gasteiger partial charge on any atom is -0.368 e. The van der Waals surface area contributed by atoms with Crippen LogP contribution in [0, 0.1) is 0 Å². The lowest BCUT2D eigenvalue weighted by atomic mass is 10.2.